The maximum Gasteiger partial charge on any atom is 0.251 e. The highest BCUT2D eigenvalue weighted by Crippen LogP contribution is 2.23. The number of hydrogen-bond donors (Lipinski definition) is 1. The lowest BCUT2D eigenvalue weighted by molar-refractivity contribution is 0.0948. The summed E-state index contributed by atoms with van der Waals surface area (Å²) in [5.41, 5.74) is 3.15. The number of amides is 1. The average Bonchev–Trinajstić information content (AvgIpc) is 3.25. The van der Waals surface area contributed by atoms with Crippen molar-refractivity contribution in [3.05, 3.63) is 107 Å². The molecule has 1 N–H and O–H groups in total. The highest BCUT2D eigenvalue weighted by molar-refractivity contribution is 7.99. The molecule has 32 heavy (non-hydrogen) atoms. The van der Waals surface area contributed by atoms with Gasteiger partial charge in [0.05, 0.1) is 12.3 Å². The van der Waals surface area contributed by atoms with Gasteiger partial charge in [-0.2, -0.15) is 0 Å². The van der Waals surface area contributed by atoms with Crippen molar-refractivity contribution in [2.75, 3.05) is 5.75 Å². The van der Waals surface area contributed by atoms with Crippen LogP contribution in [0.3, 0.4) is 0 Å². The molecule has 1 aromatic heterocycles. The molecule has 1 amide bonds. The first-order valence-corrected chi connectivity index (χ1v) is 11.2. The van der Waals surface area contributed by atoms with E-state index in [4.69, 9.17) is 0 Å². The van der Waals surface area contributed by atoms with Gasteiger partial charge in [-0.05, 0) is 31.2 Å². The van der Waals surface area contributed by atoms with E-state index in [9.17, 15) is 9.59 Å². The third-order valence-electron chi connectivity index (χ3n) is 4.83. The number of carbonyl (C=O) groups excluding carboxylic acids is 2. The number of Topliss-reactive ketones (excluding diaryl/α,β-unsaturated/α-hetero) is 1. The van der Waals surface area contributed by atoms with E-state index in [1.807, 2.05) is 78.2 Å². The van der Waals surface area contributed by atoms with Gasteiger partial charge in [-0.3, -0.25) is 14.2 Å². The predicted octanol–water partition coefficient (Wildman–Crippen LogP) is 4.48. The summed E-state index contributed by atoms with van der Waals surface area (Å²) in [6.07, 6.45) is 0. The summed E-state index contributed by atoms with van der Waals surface area (Å²) >= 11 is 1.33. The molecule has 0 aliphatic carbocycles. The van der Waals surface area contributed by atoms with Gasteiger partial charge in [-0.15, -0.1) is 10.2 Å². The predicted molar refractivity (Wildman–Crippen MR) is 125 cm³/mol. The van der Waals surface area contributed by atoms with Crippen LogP contribution in [0, 0.1) is 6.92 Å². The lowest BCUT2D eigenvalue weighted by atomic mass is 10.1. The first-order valence-electron chi connectivity index (χ1n) is 10.2. The van der Waals surface area contributed by atoms with Crippen LogP contribution in [0.1, 0.15) is 32.1 Å². The van der Waals surface area contributed by atoms with Crippen LogP contribution in [0.4, 0.5) is 0 Å². The Labute approximate surface area is 190 Å². The van der Waals surface area contributed by atoms with E-state index in [0.29, 0.717) is 22.1 Å². The number of nitrogens with one attached hydrogen (secondary N) is 1. The number of rotatable bonds is 8. The number of aromatic nitrogens is 3. The van der Waals surface area contributed by atoms with Gasteiger partial charge in [0.2, 0.25) is 0 Å². The summed E-state index contributed by atoms with van der Waals surface area (Å²) in [4.78, 5) is 25.1. The van der Waals surface area contributed by atoms with Crippen LogP contribution >= 0.6 is 11.8 Å². The summed E-state index contributed by atoms with van der Waals surface area (Å²) in [6.45, 7) is 2.16. The van der Waals surface area contributed by atoms with E-state index in [-0.39, 0.29) is 24.0 Å². The molecule has 0 unspecified atom stereocenters. The molecule has 1 heterocycles. The van der Waals surface area contributed by atoms with Gasteiger partial charge in [0.25, 0.3) is 5.91 Å². The van der Waals surface area contributed by atoms with E-state index in [1.54, 1.807) is 18.2 Å². The Morgan fingerprint density at radius 3 is 2.28 bits per heavy atom. The molecular formula is C25H22N4O2S. The molecule has 0 fully saturated rings. The van der Waals surface area contributed by atoms with Crippen molar-refractivity contribution in [3.8, 4) is 5.69 Å². The second-order valence-electron chi connectivity index (χ2n) is 7.20. The topological polar surface area (TPSA) is 76.9 Å². The van der Waals surface area contributed by atoms with Crippen molar-refractivity contribution in [1.29, 1.82) is 0 Å². The molecule has 0 atom stereocenters. The summed E-state index contributed by atoms with van der Waals surface area (Å²) in [5.74, 6) is 0.675. The smallest absolute Gasteiger partial charge is 0.251 e. The number of nitrogens with zero attached hydrogens (tertiary/aromatic N) is 3. The van der Waals surface area contributed by atoms with Crippen LogP contribution in [-0.4, -0.2) is 32.2 Å². The van der Waals surface area contributed by atoms with Crippen molar-refractivity contribution < 1.29 is 9.59 Å². The maximum atomic E-state index is 12.6. The normalized spacial score (nSPS) is 10.7. The highest BCUT2D eigenvalue weighted by atomic mass is 32.2. The molecule has 0 bridgehead atoms. The Morgan fingerprint density at radius 1 is 0.875 bits per heavy atom. The van der Waals surface area contributed by atoms with E-state index in [1.165, 1.54) is 11.8 Å². The Kier molecular flexibility index (Phi) is 6.77. The largest absolute Gasteiger partial charge is 0.345 e. The number of ketones is 1. The second kappa shape index (κ2) is 10.1. The number of aryl methyl sites for hydroxylation is 1. The van der Waals surface area contributed by atoms with Gasteiger partial charge in [-0.25, -0.2) is 0 Å². The van der Waals surface area contributed by atoms with Gasteiger partial charge in [0, 0.05) is 16.8 Å². The average molecular weight is 443 g/mol. The molecule has 0 saturated heterocycles. The SMILES string of the molecule is Cc1cccc(C(=O)NCc2nnc(SCC(=O)c3ccccc3)n2-c2ccccc2)c1. The molecule has 0 saturated carbocycles. The quantitative estimate of drug-likeness (QED) is 0.322. The molecule has 4 rings (SSSR count). The monoisotopic (exact) mass is 442 g/mol. The van der Waals surface area contributed by atoms with Gasteiger partial charge in [0.15, 0.2) is 16.8 Å². The number of benzene rings is 3. The van der Waals surface area contributed by atoms with Gasteiger partial charge in [0.1, 0.15) is 0 Å². The molecule has 160 valence electrons. The lowest BCUT2D eigenvalue weighted by Crippen LogP contribution is -2.24. The van der Waals surface area contributed by atoms with E-state index < -0.39 is 0 Å². The van der Waals surface area contributed by atoms with Crippen LogP contribution in [0.2, 0.25) is 0 Å². The lowest BCUT2D eigenvalue weighted by Gasteiger charge is -2.11. The molecule has 3 aromatic carbocycles. The summed E-state index contributed by atoms with van der Waals surface area (Å²) in [5, 5.41) is 12.1. The van der Waals surface area contributed by atoms with Crippen molar-refractivity contribution in [1.82, 2.24) is 20.1 Å². The molecule has 0 aliphatic rings. The standard InChI is InChI=1S/C25H22N4O2S/c1-18-9-8-12-20(15-18)24(31)26-16-23-27-28-25(29(23)21-13-6-3-7-14-21)32-17-22(30)19-10-4-2-5-11-19/h2-15H,16-17H2,1H3,(H,26,31). The fourth-order valence-electron chi connectivity index (χ4n) is 3.23. The van der Waals surface area contributed by atoms with Crippen LogP contribution in [0.25, 0.3) is 5.69 Å². The fourth-order valence-corrected chi connectivity index (χ4v) is 4.10. The molecule has 7 heteroatoms. The van der Waals surface area contributed by atoms with Crippen molar-refractivity contribution in [3.63, 3.8) is 0 Å². The van der Waals surface area contributed by atoms with Crippen LogP contribution in [-0.2, 0) is 6.54 Å². The number of thioether (sulfide) groups is 1. The Morgan fingerprint density at radius 2 is 1.56 bits per heavy atom. The molecule has 0 spiro atoms. The van der Waals surface area contributed by atoms with Gasteiger partial charge >= 0.3 is 0 Å². The Hall–Kier alpha value is -3.71. The highest BCUT2D eigenvalue weighted by Gasteiger charge is 2.17. The fraction of sp³-hybridized carbons (Fsp3) is 0.120. The Bertz CT molecular complexity index is 1220. The number of hydrogen-bond acceptors (Lipinski definition) is 5. The minimum absolute atomic E-state index is 0.0208. The second-order valence-corrected chi connectivity index (χ2v) is 8.14. The molecular weight excluding hydrogens is 420 g/mol. The first-order chi connectivity index (χ1) is 15.6. The van der Waals surface area contributed by atoms with E-state index in [2.05, 4.69) is 15.5 Å². The minimum Gasteiger partial charge on any atom is -0.345 e. The van der Waals surface area contributed by atoms with Crippen LogP contribution in [0.5, 0.6) is 0 Å². The zero-order valence-electron chi connectivity index (χ0n) is 17.6. The summed E-state index contributed by atoms with van der Waals surface area (Å²) < 4.78 is 1.87. The molecule has 4 aromatic rings. The maximum absolute atomic E-state index is 12.6. The number of para-hydroxylation sites is 1. The summed E-state index contributed by atoms with van der Waals surface area (Å²) in [7, 11) is 0. The third-order valence-corrected chi connectivity index (χ3v) is 5.76. The minimum atomic E-state index is -0.176. The zero-order chi connectivity index (χ0) is 22.3. The molecule has 0 aliphatic heterocycles. The van der Waals surface area contributed by atoms with Crippen LogP contribution < -0.4 is 5.32 Å². The zero-order valence-corrected chi connectivity index (χ0v) is 18.4. The molecule has 0 radical (unpaired) electrons. The first kappa shape index (κ1) is 21.5. The van der Waals surface area contributed by atoms with E-state index >= 15 is 0 Å². The van der Waals surface area contributed by atoms with Crippen molar-refractivity contribution in [2.45, 2.75) is 18.6 Å². The molecule has 6 nitrogen and oxygen atoms in total. The number of carbonyl (C=O) groups is 2. The van der Waals surface area contributed by atoms with Crippen LogP contribution in [0.15, 0.2) is 90.1 Å². The summed E-state index contributed by atoms with van der Waals surface area (Å²) in [6, 6.07) is 26.3. The van der Waals surface area contributed by atoms with Gasteiger partial charge in [-0.1, -0.05) is 78.0 Å². The van der Waals surface area contributed by atoms with Crippen molar-refractivity contribution >= 4 is 23.5 Å². The van der Waals surface area contributed by atoms with Crippen molar-refractivity contribution in [2.24, 2.45) is 0 Å². The van der Waals surface area contributed by atoms with E-state index in [0.717, 1.165) is 11.3 Å². The van der Waals surface area contributed by atoms with Gasteiger partial charge < -0.3 is 5.32 Å². The Balaban J connectivity index is 1.53. The third kappa shape index (κ3) is 5.12.